The lowest BCUT2D eigenvalue weighted by Crippen LogP contribution is -2.04. The first-order valence-electron chi connectivity index (χ1n) is 20.8. The van der Waals surface area contributed by atoms with Gasteiger partial charge in [-0.3, -0.25) is 4.98 Å². The summed E-state index contributed by atoms with van der Waals surface area (Å²) >= 11 is 0. The lowest BCUT2D eigenvalue weighted by Gasteiger charge is -2.20. The molecule has 0 atom stereocenters. The van der Waals surface area contributed by atoms with E-state index in [4.69, 9.17) is 4.98 Å². The molecule has 4 heteroatoms. The Kier molecular flexibility index (Phi) is 8.63. The minimum absolute atomic E-state index is 0.597. The Morgan fingerprint density at radius 2 is 0.850 bits per heavy atom. The van der Waals surface area contributed by atoms with Gasteiger partial charge in [0.25, 0.3) is 0 Å². The highest BCUT2D eigenvalue weighted by Gasteiger charge is 2.23. The molecule has 0 spiro atoms. The number of aryl methyl sites for hydroxylation is 8. The van der Waals surface area contributed by atoms with Crippen LogP contribution in [0.4, 0.5) is 0 Å². The zero-order valence-electron chi connectivity index (χ0n) is 35.5. The second-order valence-corrected chi connectivity index (χ2v) is 16.9. The molecule has 3 heterocycles. The lowest BCUT2D eigenvalue weighted by atomic mass is 9.93. The van der Waals surface area contributed by atoms with E-state index >= 15 is 0 Å². The Hall–Kier alpha value is -7.22. The molecule has 10 aromatic rings. The van der Waals surface area contributed by atoms with Crippen LogP contribution in [-0.4, -0.2) is 14.1 Å². The van der Waals surface area contributed by atoms with Crippen molar-refractivity contribution in [3.8, 4) is 50.8 Å². The summed E-state index contributed by atoms with van der Waals surface area (Å²) in [7, 11) is 0. The maximum atomic E-state index is 11.3. The minimum Gasteiger partial charge on any atom is -0.309 e. The van der Waals surface area contributed by atoms with Gasteiger partial charge in [-0.05, 0) is 154 Å². The Morgan fingerprint density at radius 3 is 1.32 bits per heavy atom. The standard InChI is InChI=1S/C56H46N4/c1-32-21-34(3)55(35(4)22-32)40-17-19-46-44-13-9-11-15-49(44)59(52(46)27-40)51-30-48(42-25-38(7)58-39(8)26-42)54(29-43(51)31-57)60-50-16-12-10-14-45(50)47-20-18-41(28-53(47)60)56-36(5)23-33(2)24-37(56)6/h9-30H,1-8H3. The van der Waals surface area contributed by atoms with Gasteiger partial charge in [-0.25, -0.2) is 0 Å². The zero-order chi connectivity index (χ0) is 41.6. The summed E-state index contributed by atoms with van der Waals surface area (Å²) in [6.07, 6.45) is 0. The van der Waals surface area contributed by atoms with Crippen molar-refractivity contribution in [2.24, 2.45) is 0 Å². The fourth-order valence-corrected chi connectivity index (χ4v) is 10.3. The fraction of sp³-hybridized carbons (Fsp3) is 0.143. The molecule has 0 aliphatic heterocycles. The second-order valence-electron chi connectivity index (χ2n) is 16.9. The molecule has 60 heavy (non-hydrogen) atoms. The van der Waals surface area contributed by atoms with Gasteiger partial charge in [0.2, 0.25) is 0 Å². The average Bonchev–Trinajstić information content (AvgIpc) is 3.71. The van der Waals surface area contributed by atoms with E-state index in [0.29, 0.717) is 5.56 Å². The van der Waals surface area contributed by atoms with Crippen LogP contribution in [-0.2, 0) is 0 Å². The molecule has 0 amide bonds. The normalized spacial score (nSPS) is 11.7. The van der Waals surface area contributed by atoms with E-state index in [1.54, 1.807) is 0 Å². The molecule has 0 bridgehead atoms. The molecule has 4 nitrogen and oxygen atoms in total. The summed E-state index contributed by atoms with van der Waals surface area (Å²) in [5.74, 6) is 0. The van der Waals surface area contributed by atoms with Gasteiger partial charge in [0.15, 0.2) is 0 Å². The summed E-state index contributed by atoms with van der Waals surface area (Å²) in [6, 6.07) is 51.4. The van der Waals surface area contributed by atoms with Crippen LogP contribution in [0.1, 0.15) is 50.3 Å². The zero-order valence-corrected chi connectivity index (χ0v) is 35.5. The molecule has 0 saturated heterocycles. The van der Waals surface area contributed by atoms with Crippen molar-refractivity contribution < 1.29 is 0 Å². The molecule has 0 unspecified atom stereocenters. The Balaban J connectivity index is 1.32. The average molecular weight is 775 g/mol. The van der Waals surface area contributed by atoms with Crippen LogP contribution < -0.4 is 0 Å². The number of benzene rings is 7. The van der Waals surface area contributed by atoms with E-state index in [0.717, 1.165) is 72.3 Å². The van der Waals surface area contributed by atoms with Crippen molar-refractivity contribution in [2.75, 3.05) is 0 Å². The van der Waals surface area contributed by atoms with E-state index in [1.165, 1.54) is 60.8 Å². The monoisotopic (exact) mass is 774 g/mol. The van der Waals surface area contributed by atoms with Crippen molar-refractivity contribution in [2.45, 2.75) is 55.4 Å². The molecular weight excluding hydrogens is 729 g/mol. The molecule has 0 N–H and O–H groups in total. The highest BCUT2D eigenvalue weighted by molar-refractivity contribution is 6.12. The number of hydrogen-bond acceptors (Lipinski definition) is 2. The van der Waals surface area contributed by atoms with Gasteiger partial charge >= 0.3 is 0 Å². The third-order valence-electron chi connectivity index (χ3n) is 12.4. The van der Waals surface area contributed by atoms with Crippen LogP contribution in [0.3, 0.4) is 0 Å². The van der Waals surface area contributed by atoms with E-state index < -0.39 is 0 Å². The van der Waals surface area contributed by atoms with Gasteiger partial charge in [-0.1, -0.05) is 96.1 Å². The van der Waals surface area contributed by atoms with E-state index in [2.05, 4.69) is 204 Å². The topological polar surface area (TPSA) is 46.5 Å². The number of nitriles is 1. The quantitative estimate of drug-likeness (QED) is 0.175. The van der Waals surface area contributed by atoms with Crippen molar-refractivity contribution in [1.29, 1.82) is 5.26 Å². The van der Waals surface area contributed by atoms with Gasteiger partial charge in [0.1, 0.15) is 6.07 Å². The van der Waals surface area contributed by atoms with Gasteiger partial charge < -0.3 is 9.13 Å². The van der Waals surface area contributed by atoms with Crippen LogP contribution in [0.15, 0.2) is 133 Å². The molecular formula is C56H46N4. The van der Waals surface area contributed by atoms with E-state index in [1.807, 2.05) is 0 Å². The third kappa shape index (κ3) is 5.84. The number of nitrogens with zero attached hydrogens (tertiary/aromatic N) is 4. The van der Waals surface area contributed by atoms with Crippen molar-refractivity contribution in [1.82, 2.24) is 14.1 Å². The second kappa shape index (κ2) is 14.0. The highest BCUT2D eigenvalue weighted by atomic mass is 15.0. The van der Waals surface area contributed by atoms with Crippen LogP contribution in [0.2, 0.25) is 0 Å². The first-order chi connectivity index (χ1) is 29.0. The predicted molar refractivity (Wildman–Crippen MR) is 252 cm³/mol. The number of pyridine rings is 1. The molecule has 10 rings (SSSR count). The summed E-state index contributed by atoms with van der Waals surface area (Å²) in [6.45, 7) is 17.3. The molecule has 0 radical (unpaired) electrons. The van der Waals surface area contributed by atoms with Crippen molar-refractivity contribution in [3.63, 3.8) is 0 Å². The van der Waals surface area contributed by atoms with E-state index in [-0.39, 0.29) is 0 Å². The minimum atomic E-state index is 0.597. The van der Waals surface area contributed by atoms with Gasteiger partial charge in [-0.2, -0.15) is 5.26 Å². The lowest BCUT2D eigenvalue weighted by molar-refractivity contribution is 1.11. The molecule has 0 saturated carbocycles. The highest BCUT2D eigenvalue weighted by Crippen LogP contribution is 2.43. The maximum absolute atomic E-state index is 11.3. The van der Waals surface area contributed by atoms with Crippen LogP contribution in [0.5, 0.6) is 0 Å². The molecule has 7 aromatic carbocycles. The number of fused-ring (bicyclic) bond motifs is 6. The van der Waals surface area contributed by atoms with Gasteiger partial charge in [-0.15, -0.1) is 0 Å². The first-order valence-corrected chi connectivity index (χ1v) is 20.8. The van der Waals surface area contributed by atoms with Gasteiger partial charge in [0.05, 0.1) is 39.0 Å². The predicted octanol–water partition coefficient (Wildman–Crippen LogP) is 14.6. The SMILES string of the molecule is Cc1cc(C)c(-c2ccc3c4ccccc4n(-c4cc(-c5cc(C)nc(C)c5)c(-n5c6ccccc6c6ccc(-c7c(C)cc(C)cc7C)cc65)cc4C#N)c3c2)c(C)c1. The Bertz CT molecular complexity index is 3410. The first kappa shape index (κ1) is 37.1. The number of aromatic nitrogens is 3. The maximum Gasteiger partial charge on any atom is 0.101 e. The third-order valence-corrected chi connectivity index (χ3v) is 12.4. The summed E-state index contributed by atoms with van der Waals surface area (Å²) in [4.78, 5) is 4.80. The summed E-state index contributed by atoms with van der Waals surface area (Å²) < 4.78 is 4.69. The molecule has 0 aliphatic carbocycles. The summed E-state index contributed by atoms with van der Waals surface area (Å²) in [5, 5.41) is 15.9. The smallest absolute Gasteiger partial charge is 0.101 e. The number of hydrogen-bond donors (Lipinski definition) is 0. The number of para-hydroxylation sites is 2. The van der Waals surface area contributed by atoms with Crippen LogP contribution in [0, 0.1) is 66.7 Å². The Morgan fingerprint density at radius 1 is 0.417 bits per heavy atom. The van der Waals surface area contributed by atoms with Crippen LogP contribution >= 0.6 is 0 Å². The van der Waals surface area contributed by atoms with Crippen molar-refractivity contribution in [3.05, 3.63) is 184 Å². The van der Waals surface area contributed by atoms with E-state index in [9.17, 15) is 5.26 Å². The number of rotatable bonds is 5. The Labute approximate surface area is 351 Å². The molecule has 290 valence electrons. The van der Waals surface area contributed by atoms with Gasteiger partial charge in [0, 0.05) is 38.5 Å². The largest absolute Gasteiger partial charge is 0.309 e. The van der Waals surface area contributed by atoms with Crippen molar-refractivity contribution >= 4 is 43.6 Å². The molecule has 3 aromatic heterocycles. The molecule has 0 fully saturated rings. The fourth-order valence-electron chi connectivity index (χ4n) is 10.3. The summed E-state index contributed by atoms with van der Waals surface area (Å²) in [5.41, 5.74) is 23.1. The molecule has 0 aliphatic rings. The van der Waals surface area contributed by atoms with Crippen LogP contribution in [0.25, 0.3) is 88.4 Å².